The van der Waals surface area contributed by atoms with E-state index in [1.165, 1.54) is 132 Å². The summed E-state index contributed by atoms with van der Waals surface area (Å²) in [5.41, 5.74) is 32.3. The van der Waals surface area contributed by atoms with Gasteiger partial charge in [-0.2, -0.15) is 0 Å². The fourth-order valence-corrected chi connectivity index (χ4v) is 19.7. The van der Waals surface area contributed by atoms with E-state index in [0.29, 0.717) is 0 Å². The topological polar surface area (TPSA) is 19.6 Å². The predicted octanol–water partition coefficient (Wildman–Crippen LogP) is 30.0. The molecule has 0 aliphatic heterocycles. The van der Waals surface area contributed by atoms with Crippen molar-refractivity contribution in [1.82, 2.24) is 0 Å². The fraction of sp³-hybridized carbons (Fsp3) is 0.0182. The highest BCUT2D eigenvalue weighted by Crippen LogP contribution is 2.60. The molecule has 2 aromatic heterocycles. The molecule has 2 heterocycles. The van der Waals surface area contributed by atoms with Crippen molar-refractivity contribution in [2.75, 3.05) is 9.80 Å². The molecule has 536 valence electrons. The van der Waals surface area contributed by atoms with Crippen LogP contribution < -0.4 is 9.80 Å². The SMILES string of the molecule is c1ccc(-c2cccc(-c3cccc(N(c4ccccc4)c4cccc5oc6ccc(C7(c8ccccc8)c8ccccc8-c8ccccc87)cc6c45)c3)c2)cc1.c1ccc(-c2cccc(-c3cccc(N(c4ccccc4)c4cccc5sc6ccc(C7(c8ccccc8)c8ccccc8-c8ccccc87)cc6c45)c3)c2)cc1. The number of hydrogen-bond donors (Lipinski definition) is 0. The molecule has 4 heteroatoms. The summed E-state index contributed by atoms with van der Waals surface area (Å²) in [5.74, 6) is 0. The van der Waals surface area contributed by atoms with Gasteiger partial charge in [-0.15, -0.1) is 11.3 Å². The van der Waals surface area contributed by atoms with Crippen LogP contribution in [-0.4, -0.2) is 0 Å². The largest absolute Gasteiger partial charge is 0.456 e. The van der Waals surface area contributed by atoms with Crippen LogP contribution in [0.2, 0.25) is 0 Å². The summed E-state index contributed by atoms with van der Waals surface area (Å²) in [4.78, 5) is 4.82. The zero-order valence-corrected chi connectivity index (χ0v) is 63.3. The highest BCUT2D eigenvalue weighted by atomic mass is 32.1. The average molecular weight is 1470 g/mol. The number of para-hydroxylation sites is 2. The zero-order valence-electron chi connectivity index (χ0n) is 62.4. The van der Waals surface area contributed by atoms with Gasteiger partial charge in [0.05, 0.1) is 27.6 Å². The summed E-state index contributed by atoms with van der Waals surface area (Å²) in [6.07, 6.45) is 0. The van der Waals surface area contributed by atoms with Crippen molar-refractivity contribution in [2.24, 2.45) is 0 Å². The smallest absolute Gasteiger partial charge is 0.137 e. The fourth-order valence-electron chi connectivity index (χ4n) is 18.6. The van der Waals surface area contributed by atoms with E-state index < -0.39 is 10.8 Å². The van der Waals surface area contributed by atoms with Crippen LogP contribution in [-0.2, 0) is 10.8 Å². The van der Waals surface area contributed by atoms with Crippen molar-refractivity contribution in [3.05, 3.63) is 493 Å². The van der Waals surface area contributed by atoms with Crippen LogP contribution in [0.1, 0.15) is 44.5 Å². The Balaban J connectivity index is 0.000000143. The Morgan fingerprint density at radius 2 is 0.535 bits per heavy atom. The van der Waals surface area contributed by atoms with Gasteiger partial charge in [0.2, 0.25) is 0 Å². The summed E-state index contributed by atoms with van der Waals surface area (Å²) >= 11 is 1.87. The van der Waals surface area contributed by atoms with E-state index in [4.69, 9.17) is 4.42 Å². The summed E-state index contributed by atoms with van der Waals surface area (Å²) in [6, 6.07) is 164. The van der Waals surface area contributed by atoms with E-state index in [-0.39, 0.29) is 0 Å². The number of fused-ring (bicyclic) bond motifs is 12. The van der Waals surface area contributed by atoms with Gasteiger partial charge in [-0.05, 0) is 220 Å². The summed E-state index contributed by atoms with van der Waals surface area (Å²) in [5, 5.41) is 4.70. The maximum atomic E-state index is 6.73. The molecule has 0 spiro atoms. The molecule has 18 aromatic carbocycles. The number of rotatable bonds is 14. The van der Waals surface area contributed by atoms with Crippen LogP contribution in [0.4, 0.5) is 34.1 Å². The lowest BCUT2D eigenvalue weighted by molar-refractivity contribution is 0.668. The zero-order chi connectivity index (χ0) is 75.5. The molecule has 0 atom stereocenters. The summed E-state index contributed by atoms with van der Waals surface area (Å²) in [7, 11) is 0. The van der Waals surface area contributed by atoms with Gasteiger partial charge in [-0.25, -0.2) is 0 Å². The number of furan rings is 1. The van der Waals surface area contributed by atoms with E-state index in [1.807, 2.05) is 11.3 Å². The van der Waals surface area contributed by atoms with E-state index in [1.54, 1.807) is 0 Å². The third-order valence-electron chi connectivity index (χ3n) is 23.5. The Bertz CT molecular complexity index is 6480. The van der Waals surface area contributed by atoms with Gasteiger partial charge in [0, 0.05) is 48.3 Å². The summed E-state index contributed by atoms with van der Waals surface area (Å²) < 4.78 is 9.28. The van der Waals surface area contributed by atoms with E-state index in [9.17, 15) is 0 Å². The minimum absolute atomic E-state index is 0.465. The maximum absolute atomic E-state index is 6.73. The molecule has 0 amide bonds. The van der Waals surface area contributed by atoms with Crippen LogP contribution in [0.3, 0.4) is 0 Å². The van der Waals surface area contributed by atoms with Gasteiger partial charge < -0.3 is 14.2 Å². The first kappa shape index (κ1) is 67.7. The highest BCUT2D eigenvalue weighted by molar-refractivity contribution is 7.26. The molecule has 20 aromatic rings. The molecule has 0 radical (unpaired) electrons. The maximum Gasteiger partial charge on any atom is 0.137 e. The van der Waals surface area contributed by atoms with Gasteiger partial charge in [0.15, 0.2) is 0 Å². The second-order valence-corrected chi connectivity index (χ2v) is 30.8. The molecule has 0 bridgehead atoms. The minimum Gasteiger partial charge on any atom is -0.456 e. The minimum atomic E-state index is -0.511. The number of hydrogen-bond acceptors (Lipinski definition) is 4. The van der Waals surface area contributed by atoms with Crippen LogP contribution in [0.15, 0.2) is 453 Å². The highest BCUT2D eigenvalue weighted by Gasteiger charge is 2.48. The van der Waals surface area contributed by atoms with Crippen molar-refractivity contribution < 1.29 is 4.42 Å². The Morgan fingerprint density at radius 3 is 0.991 bits per heavy atom. The molecule has 0 saturated heterocycles. The molecule has 0 N–H and O–H groups in total. The third-order valence-corrected chi connectivity index (χ3v) is 24.6. The number of nitrogens with zero attached hydrogens (tertiary/aromatic N) is 2. The molecular weight excluding hydrogens is 1400 g/mol. The van der Waals surface area contributed by atoms with Crippen LogP contribution >= 0.6 is 11.3 Å². The van der Waals surface area contributed by atoms with Gasteiger partial charge in [0.1, 0.15) is 11.2 Å². The molecule has 114 heavy (non-hydrogen) atoms. The molecule has 3 nitrogen and oxygen atoms in total. The number of anilines is 6. The van der Waals surface area contributed by atoms with Gasteiger partial charge in [-0.1, -0.05) is 340 Å². The molecule has 2 aliphatic rings. The molecule has 0 fully saturated rings. The standard InChI is InChI=1S/C55H37NO.C55H37NS/c2*1-4-17-38(18-5-1)39-19-14-20-40(35-39)41-21-15-26-45(36-41)56(44-24-8-3-9-25-44)51-31-16-32-53-54(51)48-37-43(33-34-52(48)57-53)55(42-22-6-2-7-23-42)49-29-12-10-27-46(49)47-28-11-13-30-50(47)55/h2*1-37H. The van der Waals surface area contributed by atoms with E-state index >= 15 is 0 Å². The quantitative estimate of drug-likeness (QED) is 0.108. The third kappa shape index (κ3) is 11.3. The van der Waals surface area contributed by atoms with Crippen LogP contribution in [0.25, 0.3) is 109 Å². The molecule has 22 rings (SSSR count). The van der Waals surface area contributed by atoms with E-state index in [0.717, 1.165) is 55.9 Å². The molecule has 0 unspecified atom stereocenters. The lowest BCUT2D eigenvalue weighted by Crippen LogP contribution is -2.28. The van der Waals surface area contributed by atoms with Crippen molar-refractivity contribution in [1.29, 1.82) is 0 Å². The second-order valence-electron chi connectivity index (χ2n) is 29.7. The van der Waals surface area contributed by atoms with Gasteiger partial charge in [0.25, 0.3) is 0 Å². The first-order valence-electron chi connectivity index (χ1n) is 39.2. The molecule has 0 saturated carbocycles. The summed E-state index contributed by atoms with van der Waals surface area (Å²) in [6.45, 7) is 0. The Morgan fingerprint density at radius 1 is 0.202 bits per heavy atom. The van der Waals surface area contributed by atoms with Gasteiger partial charge >= 0.3 is 0 Å². The van der Waals surface area contributed by atoms with Crippen molar-refractivity contribution in [3.8, 4) is 66.8 Å². The van der Waals surface area contributed by atoms with Crippen LogP contribution in [0, 0.1) is 0 Å². The normalized spacial score (nSPS) is 12.7. The van der Waals surface area contributed by atoms with E-state index in [2.05, 4.69) is 459 Å². The molecule has 2 aliphatic carbocycles. The second kappa shape index (κ2) is 28.5. The van der Waals surface area contributed by atoms with Crippen LogP contribution in [0.5, 0.6) is 0 Å². The van der Waals surface area contributed by atoms with Crippen molar-refractivity contribution in [2.45, 2.75) is 10.8 Å². The van der Waals surface area contributed by atoms with Gasteiger partial charge in [-0.3, -0.25) is 0 Å². The first-order valence-corrected chi connectivity index (χ1v) is 40.0. The Hall–Kier alpha value is -14.4. The molecular formula is C110H74N2OS. The average Bonchev–Trinajstić information content (AvgIpc) is 1.54. The number of thiophene rings is 1. The predicted molar refractivity (Wildman–Crippen MR) is 479 cm³/mol. The Labute approximate surface area is 668 Å². The van der Waals surface area contributed by atoms with Crippen molar-refractivity contribution in [3.63, 3.8) is 0 Å². The lowest BCUT2D eigenvalue weighted by atomic mass is 9.67. The Kier molecular flexibility index (Phi) is 16.9. The number of benzene rings is 18. The lowest BCUT2D eigenvalue weighted by Gasteiger charge is -2.34. The van der Waals surface area contributed by atoms with Crippen molar-refractivity contribution >= 4 is 87.6 Å². The first-order chi connectivity index (χ1) is 56.5. The monoisotopic (exact) mass is 1470 g/mol.